The van der Waals surface area contributed by atoms with E-state index < -0.39 is 0 Å². The predicted octanol–water partition coefficient (Wildman–Crippen LogP) is 1.43. The zero-order valence-electron chi connectivity index (χ0n) is 9.93. The van der Waals surface area contributed by atoms with Gasteiger partial charge in [-0.15, -0.1) is 0 Å². The first-order chi connectivity index (χ1) is 7.88. The zero-order chi connectivity index (χ0) is 11.2. The van der Waals surface area contributed by atoms with Crippen LogP contribution in [0.2, 0.25) is 0 Å². The maximum atomic E-state index is 5.35. The number of imidazole rings is 1. The average molecular weight is 223 g/mol. The van der Waals surface area contributed by atoms with Crippen LogP contribution in [0.3, 0.4) is 0 Å². The molecule has 2 atom stereocenters. The molecule has 1 saturated carbocycles. The first-order valence-corrected chi connectivity index (χ1v) is 6.10. The summed E-state index contributed by atoms with van der Waals surface area (Å²) < 4.78 is 7.47. The second-order valence-electron chi connectivity index (χ2n) is 4.48. The van der Waals surface area contributed by atoms with Crippen LogP contribution in [0.25, 0.3) is 0 Å². The summed E-state index contributed by atoms with van der Waals surface area (Å²) in [4.78, 5) is 4.03. The lowest BCUT2D eigenvalue weighted by molar-refractivity contribution is 0.107. The molecule has 1 aromatic heterocycles. The summed E-state index contributed by atoms with van der Waals surface area (Å²) in [5, 5.41) is 3.59. The number of rotatable bonds is 6. The molecule has 0 saturated heterocycles. The summed E-state index contributed by atoms with van der Waals surface area (Å²) >= 11 is 0. The number of ether oxygens (including phenoxy) is 1. The maximum Gasteiger partial charge on any atom is 0.0945 e. The Hall–Kier alpha value is -0.870. The number of hydrogen-bond acceptors (Lipinski definition) is 3. The standard InChI is InChI=1S/C12H21N3O/c1-16-12-4-3-11(9-12)14-5-2-7-15-8-6-13-10-15/h6,8,10-12,14H,2-5,7,9H2,1H3. The molecule has 0 aromatic carbocycles. The Morgan fingerprint density at radius 1 is 1.50 bits per heavy atom. The number of nitrogens with one attached hydrogen (secondary N) is 1. The van der Waals surface area contributed by atoms with Gasteiger partial charge in [0.1, 0.15) is 0 Å². The Labute approximate surface area is 97.0 Å². The second kappa shape index (κ2) is 6.01. The summed E-state index contributed by atoms with van der Waals surface area (Å²) in [5.41, 5.74) is 0. The highest BCUT2D eigenvalue weighted by Crippen LogP contribution is 2.21. The fourth-order valence-electron chi connectivity index (χ4n) is 2.33. The SMILES string of the molecule is COC1CCC(NCCCn2ccnc2)C1. The van der Waals surface area contributed by atoms with Crippen LogP contribution < -0.4 is 5.32 Å². The van der Waals surface area contributed by atoms with Crippen molar-refractivity contribution in [2.45, 2.75) is 44.4 Å². The van der Waals surface area contributed by atoms with Crippen LogP contribution in [0.1, 0.15) is 25.7 Å². The molecule has 1 heterocycles. The molecule has 0 bridgehead atoms. The van der Waals surface area contributed by atoms with Crippen LogP contribution in [0.4, 0.5) is 0 Å². The first-order valence-electron chi connectivity index (χ1n) is 6.10. The number of hydrogen-bond donors (Lipinski definition) is 1. The molecule has 16 heavy (non-hydrogen) atoms. The zero-order valence-corrected chi connectivity index (χ0v) is 9.93. The van der Waals surface area contributed by atoms with E-state index in [9.17, 15) is 0 Å². The molecule has 1 aliphatic rings. The molecule has 2 unspecified atom stereocenters. The van der Waals surface area contributed by atoms with Crippen molar-refractivity contribution in [3.8, 4) is 0 Å². The van der Waals surface area contributed by atoms with Crippen LogP contribution in [-0.2, 0) is 11.3 Å². The van der Waals surface area contributed by atoms with Crippen LogP contribution in [0, 0.1) is 0 Å². The Bertz CT molecular complexity index is 286. The highest BCUT2D eigenvalue weighted by molar-refractivity contribution is 4.81. The highest BCUT2D eigenvalue weighted by Gasteiger charge is 2.23. The van der Waals surface area contributed by atoms with Crippen molar-refractivity contribution in [2.24, 2.45) is 0 Å². The smallest absolute Gasteiger partial charge is 0.0945 e. The molecule has 0 spiro atoms. The molecule has 0 radical (unpaired) electrons. The van der Waals surface area contributed by atoms with Gasteiger partial charge in [0.25, 0.3) is 0 Å². The van der Waals surface area contributed by atoms with Gasteiger partial charge in [-0.3, -0.25) is 0 Å². The highest BCUT2D eigenvalue weighted by atomic mass is 16.5. The van der Waals surface area contributed by atoms with Gasteiger partial charge in [-0.25, -0.2) is 4.98 Å². The molecule has 90 valence electrons. The van der Waals surface area contributed by atoms with E-state index in [1.807, 2.05) is 25.8 Å². The topological polar surface area (TPSA) is 39.1 Å². The van der Waals surface area contributed by atoms with E-state index in [1.54, 1.807) is 0 Å². The maximum absolute atomic E-state index is 5.35. The molecule has 1 aromatic rings. The van der Waals surface area contributed by atoms with E-state index >= 15 is 0 Å². The quantitative estimate of drug-likeness (QED) is 0.742. The van der Waals surface area contributed by atoms with Crippen molar-refractivity contribution in [2.75, 3.05) is 13.7 Å². The number of aryl methyl sites for hydroxylation is 1. The summed E-state index contributed by atoms with van der Waals surface area (Å²) in [6, 6.07) is 0.660. The Morgan fingerprint density at radius 2 is 2.44 bits per heavy atom. The van der Waals surface area contributed by atoms with Crippen molar-refractivity contribution in [1.82, 2.24) is 14.9 Å². The first kappa shape index (κ1) is 11.6. The Kier molecular flexibility index (Phi) is 4.36. The minimum Gasteiger partial charge on any atom is -0.381 e. The minimum atomic E-state index is 0.478. The van der Waals surface area contributed by atoms with Crippen LogP contribution in [-0.4, -0.2) is 35.4 Å². The van der Waals surface area contributed by atoms with Crippen molar-refractivity contribution in [3.05, 3.63) is 18.7 Å². The normalized spacial score (nSPS) is 25.1. The Balaban J connectivity index is 1.55. The van der Waals surface area contributed by atoms with E-state index in [2.05, 4.69) is 14.9 Å². The third-order valence-electron chi connectivity index (χ3n) is 3.30. The van der Waals surface area contributed by atoms with Crippen molar-refractivity contribution in [1.29, 1.82) is 0 Å². The number of nitrogens with zero attached hydrogens (tertiary/aromatic N) is 2. The summed E-state index contributed by atoms with van der Waals surface area (Å²) in [5.74, 6) is 0. The molecule has 4 heteroatoms. The fourth-order valence-corrected chi connectivity index (χ4v) is 2.33. The van der Waals surface area contributed by atoms with E-state index in [1.165, 1.54) is 19.3 Å². The Morgan fingerprint density at radius 3 is 3.12 bits per heavy atom. The summed E-state index contributed by atoms with van der Waals surface area (Å²) in [6.07, 6.45) is 11.0. The van der Waals surface area contributed by atoms with Crippen molar-refractivity contribution >= 4 is 0 Å². The third kappa shape index (κ3) is 3.32. The molecule has 1 fully saturated rings. The van der Waals surface area contributed by atoms with Crippen molar-refractivity contribution in [3.63, 3.8) is 0 Å². The molecule has 4 nitrogen and oxygen atoms in total. The number of aromatic nitrogens is 2. The molecule has 0 amide bonds. The average Bonchev–Trinajstić information content (AvgIpc) is 2.95. The van der Waals surface area contributed by atoms with E-state index in [0.717, 1.165) is 19.5 Å². The van der Waals surface area contributed by atoms with Crippen LogP contribution in [0.5, 0.6) is 0 Å². The van der Waals surface area contributed by atoms with Gasteiger partial charge in [0.2, 0.25) is 0 Å². The van der Waals surface area contributed by atoms with Gasteiger partial charge in [-0.1, -0.05) is 0 Å². The lowest BCUT2D eigenvalue weighted by Crippen LogP contribution is -2.28. The third-order valence-corrected chi connectivity index (χ3v) is 3.30. The van der Waals surface area contributed by atoms with E-state index in [4.69, 9.17) is 4.74 Å². The van der Waals surface area contributed by atoms with E-state index in [-0.39, 0.29) is 0 Å². The van der Waals surface area contributed by atoms with Gasteiger partial charge in [0, 0.05) is 32.1 Å². The largest absolute Gasteiger partial charge is 0.381 e. The fraction of sp³-hybridized carbons (Fsp3) is 0.750. The predicted molar refractivity (Wildman–Crippen MR) is 63.3 cm³/mol. The van der Waals surface area contributed by atoms with Gasteiger partial charge < -0.3 is 14.6 Å². The van der Waals surface area contributed by atoms with Crippen LogP contribution in [0.15, 0.2) is 18.7 Å². The second-order valence-corrected chi connectivity index (χ2v) is 4.48. The molecule has 0 aliphatic heterocycles. The summed E-state index contributed by atoms with van der Waals surface area (Å²) in [7, 11) is 1.81. The number of methoxy groups -OCH3 is 1. The van der Waals surface area contributed by atoms with Gasteiger partial charge >= 0.3 is 0 Å². The lowest BCUT2D eigenvalue weighted by Gasteiger charge is -2.12. The van der Waals surface area contributed by atoms with Gasteiger partial charge in [0.15, 0.2) is 0 Å². The lowest BCUT2D eigenvalue weighted by atomic mass is 10.2. The molecule has 2 rings (SSSR count). The molecule has 1 aliphatic carbocycles. The minimum absolute atomic E-state index is 0.478. The van der Waals surface area contributed by atoms with Crippen molar-refractivity contribution < 1.29 is 4.74 Å². The molecular formula is C12H21N3O. The van der Waals surface area contributed by atoms with Crippen LogP contribution >= 0.6 is 0 Å². The van der Waals surface area contributed by atoms with Gasteiger partial charge in [-0.05, 0) is 32.2 Å². The van der Waals surface area contributed by atoms with E-state index in [0.29, 0.717) is 12.1 Å². The monoisotopic (exact) mass is 223 g/mol. The van der Waals surface area contributed by atoms with Gasteiger partial charge in [-0.2, -0.15) is 0 Å². The summed E-state index contributed by atoms with van der Waals surface area (Å²) in [6.45, 7) is 2.13. The molecule has 1 N–H and O–H groups in total. The van der Waals surface area contributed by atoms with Gasteiger partial charge in [0.05, 0.1) is 12.4 Å². The molecular weight excluding hydrogens is 202 g/mol.